The zero-order chi connectivity index (χ0) is 15.7. The molecule has 9 heteroatoms. The zero-order valence-electron chi connectivity index (χ0n) is 10.8. The van der Waals surface area contributed by atoms with Crippen LogP contribution in [0.2, 0.25) is 0 Å². The third-order valence-corrected chi connectivity index (χ3v) is 2.59. The molecular weight excluding hydrogens is 342 g/mol. The van der Waals surface area contributed by atoms with Gasteiger partial charge < -0.3 is 15.7 Å². The Morgan fingerprint density at radius 2 is 2.10 bits per heavy atom. The number of hydrogen-bond acceptors (Lipinski definition) is 6. The molecule has 1 heterocycles. The quantitative estimate of drug-likeness (QED) is 0.379. The smallest absolute Gasteiger partial charge is 0.303 e. The van der Waals surface area contributed by atoms with Crippen LogP contribution in [0.5, 0.6) is 0 Å². The highest BCUT2D eigenvalue weighted by Gasteiger charge is 2.08. The Hall–Kier alpha value is -2.47. The fourth-order valence-electron chi connectivity index (χ4n) is 1.21. The minimum atomic E-state index is -0.936. The number of carbonyl (C=O) groups is 2. The van der Waals surface area contributed by atoms with Crippen LogP contribution >= 0.6 is 15.9 Å². The van der Waals surface area contributed by atoms with Crippen molar-refractivity contribution in [3.63, 3.8) is 0 Å². The van der Waals surface area contributed by atoms with Crippen molar-refractivity contribution in [2.45, 2.75) is 12.8 Å². The van der Waals surface area contributed by atoms with E-state index < -0.39 is 11.9 Å². The van der Waals surface area contributed by atoms with E-state index >= 15 is 0 Å². The number of carboxylic acid groups (broad SMARTS) is 1. The minimum Gasteiger partial charge on any atom is -0.481 e. The molecule has 0 aliphatic carbocycles. The topological polar surface area (TPSA) is 128 Å². The highest BCUT2D eigenvalue weighted by atomic mass is 79.9. The van der Waals surface area contributed by atoms with Crippen molar-refractivity contribution in [2.75, 3.05) is 11.9 Å². The van der Waals surface area contributed by atoms with E-state index in [1.807, 2.05) is 0 Å². The van der Waals surface area contributed by atoms with Gasteiger partial charge in [0.15, 0.2) is 0 Å². The molecule has 3 N–H and O–H groups in total. The lowest BCUT2D eigenvalue weighted by atomic mass is 10.2. The summed E-state index contributed by atoms with van der Waals surface area (Å²) in [5.41, 5.74) is -0.156. The Morgan fingerprint density at radius 1 is 1.43 bits per heavy atom. The van der Waals surface area contributed by atoms with Gasteiger partial charge in [0, 0.05) is 31.6 Å². The second kappa shape index (κ2) is 8.65. The highest BCUT2D eigenvalue weighted by molar-refractivity contribution is 9.10. The number of hydrogen-bond donors (Lipinski definition) is 3. The van der Waals surface area contributed by atoms with Gasteiger partial charge in [0.1, 0.15) is 11.6 Å². The first kappa shape index (κ1) is 16.6. The number of anilines is 1. The molecule has 0 spiro atoms. The number of rotatable bonds is 7. The Morgan fingerprint density at radius 3 is 2.67 bits per heavy atom. The summed E-state index contributed by atoms with van der Waals surface area (Å²) < 4.78 is 0.703. The Balaban J connectivity index is 2.51. The van der Waals surface area contributed by atoms with Gasteiger partial charge in [-0.2, -0.15) is 5.26 Å². The summed E-state index contributed by atoms with van der Waals surface area (Å²) in [6.45, 7) is 0.180. The average Bonchev–Trinajstić information content (AvgIpc) is 2.46. The monoisotopic (exact) mass is 353 g/mol. The van der Waals surface area contributed by atoms with Gasteiger partial charge in [-0.25, -0.2) is 9.97 Å². The molecule has 0 fully saturated rings. The van der Waals surface area contributed by atoms with E-state index in [9.17, 15) is 9.59 Å². The first-order valence-corrected chi connectivity index (χ1v) is 6.66. The van der Waals surface area contributed by atoms with Gasteiger partial charge in [-0.1, -0.05) is 0 Å². The predicted molar refractivity (Wildman–Crippen MR) is 76.9 cm³/mol. The second-order valence-electron chi connectivity index (χ2n) is 3.79. The van der Waals surface area contributed by atoms with E-state index in [4.69, 9.17) is 10.4 Å². The van der Waals surface area contributed by atoms with Crippen molar-refractivity contribution in [2.24, 2.45) is 0 Å². The molecule has 0 bridgehead atoms. The number of halogens is 1. The molecule has 8 nitrogen and oxygen atoms in total. The molecule has 1 amide bonds. The van der Waals surface area contributed by atoms with Gasteiger partial charge in [0.2, 0.25) is 5.95 Å². The number of aromatic nitrogens is 2. The number of nitriles is 1. The van der Waals surface area contributed by atoms with Crippen LogP contribution < -0.4 is 10.6 Å². The molecule has 0 aromatic carbocycles. The van der Waals surface area contributed by atoms with Crippen molar-refractivity contribution in [1.82, 2.24) is 15.3 Å². The summed E-state index contributed by atoms with van der Waals surface area (Å²) in [4.78, 5) is 29.8. The van der Waals surface area contributed by atoms with Crippen molar-refractivity contribution in [3.8, 4) is 6.07 Å². The molecule has 21 heavy (non-hydrogen) atoms. The number of carboxylic acids is 1. The lowest BCUT2D eigenvalue weighted by Crippen LogP contribution is -2.26. The minimum absolute atomic E-state index is 0.0448. The summed E-state index contributed by atoms with van der Waals surface area (Å²) in [6, 6.07) is 1.74. The molecule has 0 aliphatic heterocycles. The first-order valence-electron chi connectivity index (χ1n) is 5.87. The molecular formula is C12H12BrN5O3. The average molecular weight is 354 g/mol. The van der Waals surface area contributed by atoms with Crippen molar-refractivity contribution < 1.29 is 14.7 Å². The molecule has 0 aliphatic rings. The molecule has 0 radical (unpaired) electrons. The maximum absolute atomic E-state index is 11.7. The van der Waals surface area contributed by atoms with Crippen molar-refractivity contribution >= 4 is 33.8 Å². The maximum Gasteiger partial charge on any atom is 0.303 e. The molecule has 1 aromatic heterocycles. The standard InChI is InChI=1S/C12H12BrN5O3/c13-9-6-17-12(18-7-9)16-5-8(4-14)11(21)15-3-1-2-10(19)20/h5-7H,1-3H2,(H,15,21)(H,19,20)(H,16,17,18)/b8-5-. The summed E-state index contributed by atoms with van der Waals surface area (Å²) >= 11 is 3.18. The summed E-state index contributed by atoms with van der Waals surface area (Å²) in [6.07, 6.45) is 4.47. The lowest BCUT2D eigenvalue weighted by molar-refractivity contribution is -0.137. The molecule has 0 saturated heterocycles. The fraction of sp³-hybridized carbons (Fsp3) is 0.250. The second-order valence-corrected chi connectivity index (χ2v) is 4.71. The first-order chi connectivity index (χ1) is 10.0. The van der Waals surface area contributed by atoms with Crippen molar-refractivity contribution in [1.29, 1.82) is 5.26 Å². The van der Waals surface area contributed by atoms with Crippen LogP contribution in [0.4, 0.5) is 5.95 Å². The molecule has 110 valence electrons. The highest BCUT2D eigenvalue weighted by Crippen LogP contribution is 2.07. The largest absolute Gasteiger partial charge is 0.481 e. The van der Waals surface area contributed by atoms with Crippen LogP contribution in [-0.4, -0.2) is 33.5 Å². The van der Waals surface area contributed by atoms with Gasteiger partial charge in [-0.05, 0) is 22.4 Å². The number of carbonyl (C=O) groups excluding carboxylic acids is 1. The van der Waals surface area contributed by atoms with Gasteiger partial charge in [0.25, 0.3) is 5.91 Å². The Labute approximate surface area is 129 Å². The van der Waals surface area contributed by atoms with E-state index in [1.165, 1.54) is 18.6 Å². The third kappa shape index (κ3) is 6.49. The Kier molecular flexibility index (Phi) is 6.83. The lowest BCUT2D eigenvalue weighted by Gasteiger charge is -2.03. The molecule has 0 saturated carbocycles. The van der Waals surface area contributed by atoms with Crippen LogP contribution in [0, 0.1) is 11.3 Å². The third-order valence-electron chi connectivity index (χ3n) is 2.18. The number of nitrogens with zero attached hydrogens (tertiary/aromatic N) is 3. The summed E-state index contributed by atoms with van der Waals surface area (Å²) in [5, 5.41) is 22.4. The van der Waals surface area contributed by atoms with E-state index in [-0.39, 0.29) is 24.5 Å². The fourth-order valence-corrected chi connectivity index (χ4v) is 1.41. The SMILES string of the molecule is N#C/C(=C/Nc1ncc(Br)cn1)C(=O)NCCCC(=O)O. The van der Waals surface area contributed by atoms with E-state index in [0.29, 0.717) is 10.9 Å². The van der Waals surface area contributed by atoms with Crippen LogP contribution in [0.25, 0.3) is 0 Å². The molecule has 1 rings (SSSR count). The molecule has 0 atom stereocenters. The summed E-state index contributed by atoms with van der Waals surface area (Å²) in [7, 11) is 0. The van der Waals surface area contributed by atoms with Crippen LogP contribution in [0.3, 0.4) is 0 Å². The van der Waals surface area contributed by atoms with Gasteiger partial charge >= 0.3 is 5.97 Å². The van der Waals surface area contributed by atoms with Crippen LogP contribution in [0.1, 0.15) is 12.8 Å². The van der Waals surface area contributed by atoms with Crippen LogP contribution in [-0.2, 0) is 9.59 Å². The molecule has 0 unspecified atom stereocenters. The number of amides is 1. The van der Waals surface area contributed by atoms with Gasteiger partial charge in [-0.3, -0.25) is 9.59 Å². The Bertz CT molecular complexity index is 580. The van der Waals surface area contributed by atoms with Gasteiger partial charge in [0.05, 0.1) is 4.47 Å². The zero-order valence-corrected chi connectivity index (χ0v) is 12.4. The van der Waals surface area contributed by atoms with E-state index in [0.717, 1.165) is 0 Å². The normalized spacial score (nSPS) is 10.6. The van der Waals surface area contributed by atoms with Crippen LogP contribution in [0.15, 0.2) is 28.6 Å². The van der Waals surface area contributed by atoms with E-state index in [1.54, 1.807) is 6.07 Å². The maximum atomic E-state index is 11.7. The predicted octanol–water partition coefficient (Wildman–Crippen LogP) is 1.04. The van der Waals surface area contributed by atoms with Crippen molar-refractivity contribution in [3.05, 3.63) is 28.6 Å². The van der Waals surface area contributed by atoms with Gasteiger partial charge in [-0.15, -0.1) is 0 Å². The molecule has 1 aromatic rings. The van der Waals surface area contributed by atoms with E-state index in [2.05, 4.69) is 36.5 Å². The summed E-state index contributed by atoms with van der Waals surface area (Å²) in [5.74, 6) is -1.29. The number of nitrogens with one attached hydrogen (secondary N) is 2. The number of aliphatic carboxylic acids is 1.